The molecule has 0 amide bonds. The Morgan fingerprint density at radius 3 is 2.78 bits per heavy atom. The molecule has 0 radical (unpaired) electrons. The van der Waals surface area contributed by atoms with E-state index >= 15 is 0 Å². The number of aliphatic hydroxyl groups excluding tert-OH is 2. The SMILES string of the molecule is CC(C)[C@@H](CO)Nc1cnn(CCOCCO)c1. The third kappa shape index (κ3) is 5.03. The van der Waals surface area contributed by atoms with Gasteiger partial charge in [-0.2, -0.15) is 5.10 Å². The number of aliphatic hydroxyl groups is 2. The summed E-state index contributed by atoms with van der Waals surface area (Å²) >= 11 is 0. The second-order valence-corrected chi connectivity index (χ2v) is 4.51. The molecule has 6 nitrogen and oxygen atoms in total. The molecule has 18 heavy (non-hydrogen) atoms. The molecule has 1 atom stereocenters. The third-order valence-electron chi connectivity index (χ3n) is 2.69. The zero-order valence-electron chi connectivity index (χ0n) is 11.0. The van der Waals surface area contributed by atoms with Crippen LogP contribution >= 0.6 is 0 Å². The van der Waals surface area contributed by atoms with E-state index in [1.807, 2.05) is 6.20 Å². The molecular weight excluding hydrogens is 234 g/mol. The number of nitrogens with zero attached hydrogens (tertiary/aromatic N) is 2. The number of ether oxygens (including phenoxy) is 1. The number of hydrogen-bond donors (Lipinski definition) is 3. The van der Waals surface area contributed by atoms with Gasteiger partial charge in [0.15, 0.2) is 0 Å². The fourth-order valence-corrected chi connectivity index (χ4v) is 1.52. The first-order valence-electron chi connectivity index (χ1n) is 6.25. The van der Waals surface area contributed by atoms with Gasteiger partial charge in [-0.3, -0.25) is 4.68 Å². The summed E-state index contributed by atoms with van der Waals surface area (Å²) < 4.78 is 6.94. The smallest absolute Gasteiger partial charge is 0.0729 e. The van der Waals surface area contributed by atoms with Crippen LogP contribution in [0.3, 0.4) is 0 Å². The van der Waals surface area contributed by atoms with Crippen molar-refractivity contribution in [2.75, 3.05) is 31.7 Å². The molecule has 0 aliphatic rings. The largest absolute Gasteiger partial charge is 0.394 e. The van der Waals surface area contributed by atoms with Crippen LogP contribution in [0.4, 0.5) is 5.69 Å². The summed E-state index contributed by atoms with van der Waals surface area (Å²) in [5.74, 6) is 0.353. The predicted molar refractivity (Wildman–Crippen MR) is 69.5 cm³/mol. The van der Waals surface area contributed by atoms with Crippen molar-refractivity contribution < 1.29 is 14.9 Å². The molecule has 1 aromatic heterocycles. The van der Waals surface area contributed by atoms with Crippen molar-refractivity contribution in [1.82, 2.24) is 9.78 Å². The third-order valence-corrected chi connectivity index (χ3v) is 2.69. The maximum atomic E-state index is 9.23. The minimum atomic E-state index is 0.0355. The molecule has 0 saturated carbocycles. The van der Waals surface area contributed by atoms with Crippen LogP contribution in [0.1, 0.15) is 13.8 Å². The fourth-order valence-electron chi connectivity index (χ4n) is 1.52. The summed E-state index contributed by atoms with van der Waals surface area (Å²) in [5.41, 5.74) is 0.893. The monoisotopic (exact) mass is 257 g/mol. The normalized spacial score (nSPS) is 12.9. The van der Waals surface area contributed by atoms with Gasteiger partial charge in [0.25, 0.3) is 0 Å². The molecule has 104 valence electrons. The van der Waals surface area contributed by atoms with Gasteiger partial charge in [-0.05, 0) is 5.92 Å². The van der Waals surface area contributed by atoms with E-state index in [2.05, 4.69) is 24.3 Å². The topological polar surface area (TPSA) is 79.5 Å². The lowest BCUT2D eigenvalue weighted by Crippen LogP contribution is -2.29. The molecule has 1 aromatic rings. The highest BCUT2D eigenvalue weighted by molar-refractivity contribution is 5.39. The van der Waals surface area contributed by atoms with E-state index in [0.29, 0.717) is 25.7 Å². The minimum absolute atomic E-state index is 0.0355. The summed E-state index contributed by atoms with van der Waals surface area (Å²) in [4.78, 5) is 0. The molecule has 6 heteroatoms. The number of rotatable bonds is 9. The lowest BCUT2D eigenvalue weighted by atomic mass is 10.1. The van der Waals surface area contributed by atoms with E-state index in [1.165, 1.54) is 0 Å². The quantitative estimate of drug-likeness (QED) is 0.555. The van der Waals surface area contributed by atoms with E-state index in [1.54, 1.807) is 10.9 Å². The van der Waals surface area contributed by atoms with Crippen molar-refractivity contribution in [1.29, 1.82) is 0 Å². The highest BCUT2D eigenvalue weighted by atomic mass is 16.5. The molecule has 3 N–H and O–H groups in total. The fraction of sp³-hybridized carbons (Fsp3) is 0.750. The molecule has 0 aliphatic heterocycles. The summed E-state index contributed by atoms with van der Waals surface area (Å²) in [7, 11) is 0. The molecule has 0 aliphatic carbocycles. The van der Waals surface area contributed by atoms with Crippen molar-refractivity contribution in [3.63, 3.8) is 0 Å². The summed E-state index contributed by atoms with van der Waals surface area (Å²) in [5, 5.41) is 25.2. The maximum absolute atomic E-state index is 9.23. The number of anilines is 1. The lowest BCUT2D eigenvalue weighted by Gasteiger charge is -2.19. The number of nitrogens with one attached hydrogen (secondary N) is 1. The Bertz CT molecular complexity index is 328. The number of hydrogen-bond acceptors (Lipinski definition) is 5. The van der Waals surface area contributed by atoms with Crippen molar-refractivity contribution in [2.45, 2.75) is 26.4 Å². The Morgan fingerprint density at radius 2 is 2.17 bits per heavy atom. The first-order valence-corrected chi connectivity index (χ1v) is 6.25. The van der Waals surface area contributed by atoms with Crippen LogP contribution in [0.5, 0.6) is 0 Å². The summed E-state index contributed by atoms with van der Waals surface area (Å²) in [6.07, 6.45) is 3.62. The molecular formula is C12H23N3O3. The van der Waals surface area contributed by atoms with Crippen LogP contribution in [0.2, 0.25) is 0 Å². The predicted octanol–water partition coefficient (Wildman–Crippen LogP) is 0.321. The van der Waals surface area contributed by atoms with E-state index < -0.39 is 0 Å². The molecule has 1 rings (SSSR count). The second-order valence-electron chi connectivity index (χ2n) is 4.51. The van der Waals surface area contributed by atoms with Gasteiger partial charge < -0.3 is 20.3 Å². The van der Waals surface area contributed by atoms with Crippen molar-refractivity contribution >= 4 is 5.69 Å². The minimum Gasteiger partial charge on any atom is -0.394 e. The average Bonchev–Trinajstić information content (AvgIpc) is 2.79. The Balaban J connectivity index is 2.38. The molecule has 0 saturated heterocycles. The molecule has 0 bridgehead atoms. The van der Waals surface area contributed by atoms with Gasteiger partial charge in [-0.25, -0.2) is 0 Å². The highest BCUT2D eigenvalue weighted by Gasteiger charge is 2.12. The highest BCUT2D eigenvalue weighted by Crippen LogP contribution is 2.11. The van der Waals surface area contributed by atoms with Crippen LogP contribution in [-0.2, 0) is 11.3 Å². The van der Waals surface area contributed by atoms with Crippen LogP contribution in [0, 0.1) is 5.92 Å². The van der Waals surface area contributed by atoms with Gasteiger partial charge in [0.1, 0.15) is 0 Å². The maximum Gasteiger partial charge on any atom is 0.0729 e. The molecule has 0 unspecified atom stereocenters. The van der Waals surface area contributed by atoms with Crippen LogP contribution in [0.15, 0.2) is 12.4 Å². The van der Waals surface area contributed by atoms with E-state index in [-0.39, 0.29) is 19.3 Å². The van der Waals surface area contributed by atoms with Crippen LogP contribution < -0.4 is 5.32 Å². The summed E-state index contributed by atoms with van der Waals surface area (Å²) in [6.45, 7) is 5.78. The van der Waals surface area contributed by atoms with E-state index in [9.17, 15) is 5.11 Å². The van der Waals surface area contributed by atoms with Gasteiger partial charge in [0.2, 0.25) is 0 Å². The summed E-state index contributed by atoms with van der Waals surface area (Å²) in [6, 6.07) is 0.0355. The Morgan fingerprint density at radius 1 is 1.39 bits per heavy atom. The van der Waals surface area contributed by atoms with Gasteiger partial charge in [-0.1, -0.05) is 13.8 Å². The van der Waals surface area contributed by atoms with Gasteiger partial charge in [0, 0.05) is 6.20 Å². The zero-order valence-corrected chi connectivity index (χ0v) is 11.0. The van der Waals surface area contributed by atoms with Crippen molar-refractivity contribution in [3.8, 4) is 0 Å². The zero-order chi connectivity index (χ0) is 13.4. The Hall–Kier alpha value is -1.11. The first-order chi connectivity index (χ1) is 8.67. The van der Waals surface area contributed by atoms with Crippen LogP contribution in [0.25, 0.3) is 0 Å². The van der Waals surface area contributed by atoms with Gasteiger partial charge >= 0.3 is 0 Å². The molecule has 0 aromatic carbocycles. The average molecular weight is 257 g/mol. The molecule has 0 fully saturated rings. The standard InChI is InChI=1S/C12H23N3O3/c1-10(2)12(9-17)14-11-7-13-15(8-11)3-5-18-6-4-16/h7-8,10,12,14,16-17H,3-6,9H2,1-2H3/t12-/m1/s1. The lowest BCUT2D eigenvalue weighted by molar-refractivity contribution is 0.0854. The Kier molecular flexibility index (Phi) is 6.70. The van der Waals surface area contributed by atoms with Crippen molar-refractivity contribution in [3.05, 3.63) is 12.4 Å². The molecule has 0 spiro atoms. The van der Waals surface area contributed by atoms with Crippen molar-refractivity contribution in [2.24, 2.45) is 5.92 Å². The molecule has 1 heterocycles. The van der Waals surface area contributed by atoms with Gasteiger partial charge in [-0.15, -0.1) is 0 Å². The first kappa shape index (κ1) is 14.9. The van der Waals surface area contributed by atoms with Crippen LogP contribution in [-0.4, -0.2) is 52.5 Å². The second kappa shape index (κ2) is 8.07. The Labute approximate surface area is 108 Å². The number of aromatic nitrogens is 2. The van der Waals surface area contributed by atoms with E-state index in [4.69, 9.17) is 9.84 Å². The van der Waals surface area contributed by atoms with E-state index in [0.717, 1.165) is 5.69 Å². The van der Waals surface area contributed by atoms with Gasteiger partial charge in [0.05, 0.1) is 50.9 Å².